The van der Waals surface area contributed by atoms with Crippen molar-refractivity contribution in [3.8, 4) is 5.75 Å². The summed E-state index contributed by atoms with van der Waals surface area (Å²) in [5.74, 6) is 0.133. The summed E-state index contributed by atoms with van der Waals surface area (Å²) in [7, 11) is 1.95. The van der Waals surface area contributed by atoms with E-state index in [0.29, 0.717) is 29.0 Å². The third-order valence-electron chi connectivity index (χ3n) is 6.29. The molecule has 0 heterocycles. The molecule has 0 aliphatic heterocycles. The molecule has 0 spiro atoms. The van der Waals surface area contributed by atoms with Gasteiger partial charge in [-0.2, -0.15) is 5.11 Å². The molecule has 0 bridgehead atoms. The Morgan fingerprint density at radius 2 is 1.54 bits per heavy atom. The van der Waals surface area contributed by atoms with Crippen LogP contribution < -0.4 is 27.0 Å². The van der Waals surface area contributed by atoms with Gasteiger partial charge in [-0.15, -0.1) is 5.11 Å². The maximum absolute atomic E-state index is 10.6. The summed E-state index contributed by atoms with van der Waals surface area (Å²) in [4.78, 5) is 0. The third kappa shape index (κ3) is 7.16. The van der Waals surface area contributed by atoms with Crippen molar-refractivity contribution in [2.24, 2.45) is 10.2 Å². The van der Waals surface area contributed by atoms with Gasteiger partial charge in [0.05, 0.1) is 23.4 Å². The molecular formula is C30H37N7O2. The van der Waals surface area contributed by atoms with E-state index < -0.39 is 0 Å². The minimum Gasteiger partial charge on any atom is -0.507 e. The van der Waals surface area contributed by atoms with Crippen LogP contribution in [-0.2, 0) is 0 Å². The number of fused-ring (bicyclic) bond motifs is 1. The Morgan fingerprint density at radius 1 is 0.795 bits per heavy atom. The van der Waals surface area contributed by atoms with E-state index in [2.05, 4.69) is 37.6 Å². The number of benzene rings is 4. The highest BCUT2D eigenvalue weighted by molar-refractivity contribution is 6.02. The predicted molar refractivity (Wildman–Crippen MR) is 162 cm³/mol. The topological polar surface area (TPSA) is 139 Å². The van der Waals surface area contributed by atoms with Crippen LogP contribution in [0.4, 0.5) is 39.8 Å². The second-order valence-corrected chi connectivity index (χ2v) is 9.55. The molecule has 9 heteroatoms. The fraction of sp³-hybridized carbons (Fsp3) is 0.267. The van der Waals surface area contributed by atoms with Crippen molar-refractivity contribution >= 4 is 50.6 Å². The van der Waals surface area contributed by atoms with Crippen molar-refractivity contribution in [1.82, 2.24) is 5.32 Å². The highest BCUT2D eigenvalue weighted by Crippen LogP contribution is 2.40. The first-order valence-electron chi connectivity index (χ1n) is 13.1. The number of phenols is 1. The van der Waals surface area contributed by atoms with Crippen LogP contribution in [-0.4, -0.2) is 43.5 Å². The van der Waals surface area contributed by atoms with Gasteiger partial charge < -0.3 is 37.2 Å². The van der Waals surface area contributed by atoms with E-state index in [1.54, 1.807) is 12.1 Å². The predicted octanol–water partition coefficient (Wildman–Crippen LogP) is 6.33. The number of nitrogens with two attached hydrogens (primary N) is 1. The smallest absolute Gasteiger partial charge is 0.125 e. The van der Waals surface area contributed by atoms with Gasteiger partial charge in [0.2, 0.25) is 0 Å². The summed E-state index contributed by atoms with van der Waals surface area (Å²) in [5, 5.41) is 43.5. The molecule has 0 fully saturated rings. The van der Waals surface area contributed by atoms with Crippen LogP contribution in [0.15, 0.2) is 70.9 Å². The summed E-state index contributed by atoms with van der Waals surface area (Å²) in [6, 6.07) is 19.3. The lowest BCUT2D eigenvalue weighted by Crippen LogP contribution is -2.13. The van der Waals surface area contributed by atoms with Crippen molar-refractivity contribution in [2.45, 2.75) is 20.3 Å². The summed E-state index contributed by atoms with van der Waals surface area (Å²) in [6.07, 6.45) is 1.01. The van der Waals surface area contributed by atoms with Crippen LogP contribution in [0.3, 0.4) is 0 Å². The number of nitrogens with one attached hydrogen (secondary N) is 4. The largest absolute Gasteiger partial charge is 0.507 e. The van der Waals surface area contributed by atoms with Gasteiger partial charge in [0.25, 0.3) is 0 Å². The Bertz CT molecular complexity index is 1470. The summed E-state index contributed by atoms with van der Waals surface area (Å²) in [5.41, 5.74) is 13.4. The van der Waals surface area contributed by atoms with Crippen LogP contribution in [0, 0.1) is 13.8 Å². The molecule has 0 radical (unpaired) electrons. The molecule has 0 amide bonds. The molecule has 0 saturated heterocycles. The molecule has 4 aromatic carbocycles. The van der Waals surface area contributed by atoms with E-state index in [1.807, 2.05) is 63.4 Å². The van der Waals surface area contributed by atoms with Gasteiger partial charge in [-0.25, -0.2) is 0 Å². The fourth-order valence-electron chi connectivity index (χ4n) is 4.41. The minimum atomic E-state index is 0.0570. The van der Waals surface area contributed by atoms with Gasteiger partial charge in [0.15, 0.2) is 0 Å². The minimum absolute atomic E-state index is 0.0570. The first-order valence-corrected chi connectivity index (χ1v) is 13.1. The average molecular weight is 528 g/mol. The fourth-order valence-corrected chi connectivity index (χ4v) is 4.41. The van der Waals surface area contributed by atoms with E-state index in [0.717, 1.165) is 58.8 Å². The zero-order valence-electron chi connectivity index (χ0n) is 22.7. The van der Waals surface area contributed by atoms with Crippen molar-refractivity contribution in [3.63, 3.8) is 0 Å². The molecule has 0 aliphatic carbocycles. The normalized spacial score (nSPS) is 11.3. The molecule has 204 valence electrons. The van der Waals surface area contributed by atoms with Crippen LogP contribution in [0.2, 0.25) is 0 Å². The number of phenolic OH excluding ortho intramolecular Hbond substituents is 1. The van der Waals surface area contributed by atoms with E-state index in [1.165, 1.54) is 0 Å². The van der Waals surface area contributed by atoms with Crippen LogP contribution in [0.25, 0.3) is 10.8 Å². The lowest BCUT2D eigenvalue weighted by atomic mass is 10.0. The summed E-state index contributed by atoms with van der Waals surface area (Å²) < 4.78 is 0. The molecule has 0 aliphatic rings. The number of azo groups is 1. The second kappa shape index (κ2) is 12.9. The molecule has 39 heavy (non-hydrogen) atoms. The van der Waals surface area contributed by atoms with Crippen LogP contribution >= 0.6 is 0 Å². The Labute approximate surface area is 229 Å². The number of hydrogen-bond acceptors (Lipinski definition) is 9. The van der Waals surface area contributed by atoms with E-state index in [9.17, 15) is 10.2 Å². The Hall–Kier alpha value is -4.34. The molecule has 0 saturated carbocycles. The number of aliphatic hydroxyl groups is 1. The Kier molecular flexibility index (Phi) is 9.19. The molecule has 0 aromatic heterocycles. The summed E-state index contributed by atoms with van der Waals surface area (Å²) >= 11 is 0. The quantitative estimate of drug-likeness (QED) is 0.0649. The van der Waals surface area contributed by atoms with Crippen LogP contribution in [0.5, 0.6) is 5.75 Å². The van der Waals surface area contributed by atoms with Crippen molar-refractivity contribution in [2.75, 3.05) is 55.0 Å². The molecule has 8 N–H and O–H groups in total. The number of aryl methyl sites for hydroxylation is 2. The molecule has 0 atom stereocenters. The number of nitrogens with zero attached hydrogens (tertiary/aromatic N) is 2. The second-order valence-electron chi connectivity index (χ2n) is 9.55. The monoisotopic (exact) mass is 527 g/mol. The number of nitrogen functional groups attached to an aromatic ring is 1. The molecular weight excluding hydrogens is 490 g/mol. The zero-order chi connectivity index (χ0) is 27.8. The van der Waals surface area contributed by atoms with Gasteiger partial charge in [-0.1, -0.05) is 12.1 Å². The maximum atomic E-state index is 10.6. The van der Waals surface area contributed by atoms with Gasteiger partial charge >= 0.3 is 0 Å². The Morgan fingerprint density at radius 3 is 2.26 bits per heavy atom. The Balaban J connectivity index is 1.55. The number of rotatable bonds is 12. The number of anilines is 5. The standard InChI is InChI=1S/C30H37N7O2/c1-19-13-21-5-7-26(31)30(29(21)28(39)14-19)37-36-27-8-6-22(15-20(27)2)35-25-17-23(33-10-4-9-32-3)16-24(18-25)34-11-12-38/h5-8,13-18,32-35,38-39H,4,9-12,31H2,1-3H3. The van der Waals surface area contributed by atoms with E-state index >= 15 is 0 Å². The number of hydrogen-bond donors (Lipinski definition) is 7. The SMILES string of the molecule is CNCCCNc1cc(NCCO)cc(Nc2ccc(N=Nc3c(N)ccc4cc(C)cc(O)c34)c(C)c2)c1. The van der Waals surface area contributed by atoms with Crippen molar-refractivity contribution < 1.29 is 10.2 Å². The maximum Gasteiger partial charge on any atom is 0.125 e. The highest BCUT2D eigenvalue weighted by Gasteiger charge is 2.11. The van der Waals surface area contributed by atoms with Crippen molar-refractivity contribution in [1.29, 1.82) is 0 Å². The van der Waals surface area contributed by atoms with Gasteiger partial charge in [-0.3, -0.25) is 0 Å². The van der Waals surface area contributed by atoms with E-state index in [-0.39, 0.29) is 12.4 Å². The molecule has 4 rings (SSSR count). The van der Waals surface area contributed by atoms with Crippen molar-refractivity contribution in [3.05, 3.63) is 71.8 Å². The van der Waals surface area contributed by atoms with Gasteiger partial charge in [0.1, 0.15) is 11.4 Å². The first kappa shape index (κ1) is 27.7. The summed E-state index contributed by atoms with van der Waals surface area (Å²) in [6.45, 7) is 6.22. The number of aliphatic hydroxyl groups excluding tert-OH is 1. The van der Waals surface area contributed by atoms with E-state index in [4.69, 9.17) is 5.73 Å². The van der Waals surface area contributed by atoms with Gasteiger partial charge in [-0.05, 0) is 98.9 Å². The lowest BCUT2D eigenvalue weighted by Gasteiger charge is -2.15. The zero-order valence-corrected chi connectivity index (χ0v) is 22.7. The molecule has 9 nitrogen and oxygen atoms in total. The van der Waals surface area contributed by atoms with Crippen LogP contribution in [0.1, 0.15) is 17.5 Å². The molecule has 0 unspecified atom stereocenters. The average Bonchev–Trinajstić information content (AvgIpc) is 2.90. The first-order chi connectivity index (χ1) is 18.9. The van der Waals surface area contributed by atoms with Gasteiger partial charge in [0, 0.05) is 35.8 Å². The third-order valence-corrected chi connectivity index (χ3v) is 6.29. The highest BCUT2D eigenvalue weighted by atomic mass is 16.3. The molecule has 4 aromatic rings. The number of aromatic hydroxyl groups is 1. The lowest BCUT2D eigenvalue weighted by molar-refractivity contribution is 0.311.